The molecule has 0 aromatic heterocycles. The third kappa shape index (κ3) is 1.33. The van der Waals surface area contributed by atoms with Crippen LogP contribution in [0.1, 0.15) is 37.3 Å². The fourth-order valence-electron chi connectivity index (χ4n) is 6.15. The van der Waals surface area contributed by atoms with E-state index in [-0.39, 0.29) is 5.41 Å². The number of ether oxygens (including phenoxy) is 2. The first-order valence-electron chi connectivity index (χ1n) is 8.74. The first-order chi connectivity index (χ1) is 10.7. The van der Waals surface area contributed by atoms with Crippen LogP contribution in [0.5, 0.6) is 11.5 Å². The molecule has 2 unspecified atom stereocenters. The first kappa shape index (κ1) is 13.2. The Kier molecular flexibility index (Phi) is 2.52. The molecule has 2 heterocycles. The maximum absolute atomic E-state index is 6.60. The summed E-state index contributed by atoms with van der Waals surface area (Å²) in [6, 6.07) is 5.11. The Morgan fingerprint density at radius 1 is 1.32 bits per heavy atom. The van der Waals surface area contributed by atoms with Crippen molar-refractivity contribution in [2.24, 2.45) is 11.8 Å². The minimum Gasteiger partial charge on any atom is -0.493 e. The zero-order valence-corrected chi connectivity index (χ0v) is 13.8. The van der Waals surface area contributed by atoms with Crippen LogP contribution in [-0.2, 0) is 11.8 Å². The summed E-state index contributed by atoms with van der Waals surface area (Å²) in [5.74, 6) is 3.41. The van der Waals surface area contributed by atoms with Gasteiger partial charge in [-0.25, -0.2) is 0 Å². The molecule has 2 aliphatic carbocycles. The van der Waals surface area contributed by atoms with Crippen LogP contribution in [0.15, 0.2) is 12.1 Å². The van der Waals surface area contributed by atoms with Crippen molar-refractivity contribution in [2.75, 3.05) is 20.7 Å². The molecule has 0 radical (unpaired) electrons. The third-order valence-electron chi connectivity index (χ3n) is 7.10. The van der Waals surface area contributed by atoms with Crippen molar-refractivity contribution in [3.05, 3.63) is 23.3 Å². The molecule has 3 nitrogen and oxygen atoms in total. The average molecular weight is 299 g/mol. The van der Waals surface area contributed by atoms with Gasteiger partial charge in [-0.15, -0.1) is 0 Å². The number of hydrogen-bond acceptors (Lipinski definition) is 3. The summed E-state index contributed by atoms with van der Waals surface area (Å²) in [5.41, 5.74) is 3.30. The van der Waals surface area contributed by atoms with Gasteiger partial charge in [0, 0.05) is 17.0 Å². The molecule has 1 aromatic rings. The van der Waals surface area contributed by atoms with E-state index in [1.165, 1.54) is 43.4 Å². The largest absolute Gasteiger partial charge is 0.493 e. The molecule has 5 atom stereocenters. The molecule has 2 bridgehead atoms. The molecule has 4 aliphatic rings. The van der Waals surface area contributed by atoms with Gasteiger partial charge in [-0.05, 0) is 62.7 Å². The molecule has 0 N–H and O–H groups in total. The predicted octanol–water partition coefficient (Wildman–Crippen LogP) is 3.00. The minimum atomic E-state index is 0.256. The summed E-state index contributed by atoms with van der Waals surface area (Å²) in [5, 5.41) is 0. The number of methoxy groups -OCH3 is 1. The minimum absolute atomic E-state index is 0.256. The van der Waals surface area contributed by atoms with Crippen molar-refractivity contribution in [3.8, 4) is 11.5 Å². The van der Waals surface area contributed by atoms with Crippen molar-refractivity contribution in [3.63, 3.8) is 0 Å². The fourth-order valence-corrected chi connectivity index (χ4v) is 6.15. The molecule has 2 aliphatic heterocycles. The molecule has 2 fully saturated rings. The Bertz CT molecular complexity index is 643. The SMILES string of the molecule is COc1ccc2c3c1O[C@H]1C(C)CC[C@H]4C(C2)N(C)CC[C@@]341. The smallest absolute Gasteiger partial charge is 0.165 e. The molecular formula is C19H25NO2. The van der Waals surface area contributed by atoms with Crippen LogP contribution in [0.3, 0.4) is 0 Å². The van der Waals surface area contributed by atoms with Gasteiger partial charge in [0.05, 0.1) is 7.11 Å². The van der Waals surface area contributed by atoms with Crippen LogP contribution in [0, 0.1) is 11.8 Å². The van der Waals surface area contributed by atoms with E-state index in [4.69, 9.17) is 9.47 Å². The number of nitrogens with zero attached hydrogens (tertiary/aromatic N) is 1. The molecular weight excluding hydrogens is 274 g/mol. The lowest BCUT2D eigenvalue weighted by atomic mass is 9.50. The van der Waals surface area contributed by atoms with E-state index in [2.05, 4.69) is 31.0 Å². The highest BCUT2D eigenvalue weighted by Gasteiger charge is 2.64. The Balaban J connectivity index is 1.80. The topological polar surface area (TPSA) is 21.7 Å². The normalized spacial score (nSPS) is 41.8. The van der Waals surface area contributed by atoms with Gasteiger partial charge in [0.15, 0.2) is 11.5 Å². The van der Waals surface area contributed by atoms with E-state index in [0.717, 1.165) is 17.4 Å². The van der Waals surface area contributed by atoms with E-state index in [1.807, 2.05) is 0 Å². The van der Waals surface area contributed by atoms with Gasteiger partial charge in [-0.2, -0.15) is 0 Å². The van der Waals surface area contributed by atoms with Crippen molar-refractivity contribution in [1.29, 1.82) is 0 Å². The van der Waals surface area contributed by atoms with E-state index < -0.39 is 0 Å². The summed E-state index contributed by atoms with van der Waals surface area (Å²) < 4.78 is 12.2. The maximum atomic E-state index is 6.60. The lowest BCUT2D eigenvalue weighted by Crippen LogP contribution is -2.64. The van der Waals surface area contributed by atoms with Crippen molar-refractivity contribution >= 4 is 0 Å². The second-order valence-electron chi connectivity index (χ2n) is 7.87. The van der Waals surface area contributed by atoms with Gasteiger partial charge in [-0.1, -0.05) is 13.0 Å². The summed E-state index contributed by atoms with van der Waals surface area (Å²) >= 11 is 0. The van der Waals surface area contributed by atoms with Gasteiger partial charge in [-0.3, -0.25) is 0 Å². The Hall–Kier alpha value is -1.22. The van der Waals surface area contributed by atoms with Crippen LogP contribution in [0.25, 0.3) is 0 Å². The van der Waals surface area contributed by atoms with E-state index in [0.29, 0.717) is 18.1 Å². The van der Waals surface area contributed by atoms with Crippen molar-refractivity contribution < 1.29 is 9.47 Å². The second kappa shape index (κ2) is 4.19. The summed E-state index contributed by atoms with van der Waals surface area (Å²) in [7, 11) is 4.08. The Morgan fingerprint density at radius 2 is 2.18 bits per heavy atom. The van der Waals surface area contributed by atoms with Crippen LogP contribution in [-0.4, -0.2) is 37.7 Å². The second-order valence-corrected chi connectivity index (χ2v) is 7.87. The van der Waals surface area contributed by atoms with E-state index in [1.54, 1.807) is 7.11 Å². The van der Waals surface area contributed by atoms with Crippen molar-refractivity contribution in [2.45, 2.75) is 50.2 Å². The number of likely N-dealkylation sites (N-methyl/N-ethyl adjacent to an activating group) is 1. The number of likely N-dealkylation sites (tertiary alicyclic amines) is 1. The fraction of sp³-hybridized carbons (Fsp3) is 0.684. The van der Waals surface area contributed by atoms with E-state index >= 15 is 0 Å². The quantitative estimate of drug-likeness (QED) is 0.796. The van der Waals surface area contributed by atoms with Crippen molar-refractivity contribution in [1.82, 2.24) is 4.90 Å². The lowest BCUT2D eigenvalue weighted by Gasteiger charge is -2.58. The van der Waals surface area contributed by atoms with Gasteiger partial charge in [0.1, 0.15) is 6.10 Å². The number of rotatable bonds is 1. The number of hydrogen-bond donors (Lipinski definition) is 0. The highest BCUT2D eigenvalue weighted by molar-refractivity contribution is 5.61. The monoisotopic (exact) mass is 299 g/mol. The molecule has 118 valence electrons. The molecule has 5 rings (SSSR count). The zero-order valence-electron chi connectivity index (χ0n) is 13.8. The molecule has 3 heteroatoms. The first-order valence-corrected chi connectivity index (χ1v) is 8.74. The van der Waals surface area contributed by atoms with E-state index in [9.17, 15) is 0 Å². The zero-order chi connectivity index (χ0) is 15.1. The van der Waals surface area contributed by atoms with Gasteiger partial charge >= 0.3 is 0 Å². The molecule has 0 amide bonds. The number of piperidine rings is 1. The predicted molar refractivity (Wildman–Crippen MR) is 85.7 cm³/mol. The van der Waals surface area contributed by atoms with Crippen LogP contribution >= 0.6 is 0 Å². The standard InChI is InChI=1S/C19H25NO2/c1-11-4-6-13-14-10-12-5-7-15(21-3)17-16(12)19(13,18(11)22-17)8-9-20(14)2/h5,7,11,13-14,18H,4,6,8-10H2,1-3H3/t11?,13-,14?,18-,19-/m0/s1. The summed E-state index contributed by atoms with van der Waals surface area (Å²) in [6.07, 6.45) is 5.43. The van der Waals surface area contributed by atoms with Crippen LogP contribution < -0.4 is 9.47 Å². The van der Waals surface area contributed by atoms with Gasteiger partial charge in [0.25, 0.3) is 0 Å². The molecule has 1 aromatic carbocycles. The van der Waals surface area contributed by atoms with Gasteiger partial charge in [0.2, 0.25) is 0 Å². The molecule has 1 saturated carbocycles. The Morgan fingerprint density at radius 3 is 3.00 bits per heavy atom. The number of benzene rings is 1. The van der Waals surface area contributed by atoms with Crippen LogP contribution in [0.2, 0.25) is 0 Å². The highest BCUT2D eigenvalue weighted by Crippen LogP contribution is 2.64. The maximum Gasteiger partial charge on any atom is 0.165 e. The Labute approximate surface area is 132 Å². The average Bonchev–Trinajstić information content (AvgIpc) is 2.88. The summed E-state index contributed by atoms with van der Waals surface area (Å²) in [4.78, 5) is 2.61. The van der Waals surface area contributed by atoms with Crippen LogP contribution in [0.4, 0.5) is 0 Å². The lowest BCUT2D eigenvalue weighted by molar-refractivity contribution is -0.0650. The molecule has 1 saturated heterocycles. The molecule has 22 heavy (non-hydrogen) atoms. The highest BCUT2D eigenvalue weighted by atomic mass is 16.5. The molecule has 1 spiro atoms. The summed E-state index contributed by atoms with van der Waals surface area (Å²) in [6.45, 7) is 3.58. The van der Waals surface area contributed by atoms with Gasteiger partial charge < -0.3 is 14.4 Å². The third-order valence-corrected chi connectivity index (χ3v) is 7.10.